The third-order valence-electron chi connectivity index (χ3n) is 5.27. The highest BCUT2D eigenvalue weighted by Gasteiger charge is 2.38. The topological polar surface area (TPSA) is 179 Å². The van der Waals surface area contributed by atoms with Gasteiger partial charge in [0.1, 0.15) is 18.1 Å². The maximum Gasteiger partial charge on any atom is 0.326 e. The van der Waals surface area contributed by atoms with E-state index in [1.165, 1.54) is 4.90 Å². The van der Waals surface area contributed by atoms with Gasteiger partial charge in [-0.1, -0.05) is 30.3 Å². The van der Waals surface area contributed by atoms with Crippen molar-refractivity contribution in [2.45, 2.75) is 49.9 Å². The molecule has 1 heterocycles. The van der Waals surface area contributed by atoms with Crippen LogP contribution in [0.15, 0.2) is 30.3 Å². The fourth-order valence-electron chi connectivity index (χ4n) is 3.56. The molecule has 3 amide bonds. The van der Waals surface area contributed by atoms with E-state index in [4.69, 9.17) is 10.8 Å². The van der Waals surface area contributed by atoms with E-state index in [2.05, 4.69) is 23.3 Å². The molecule has 11 nitrogen and oxygen atoms in total. The van der Waals surface area contributed by atoms with E-state index in [9.17, 15) is 29.1 Å². The number of nitrogens with one attached hydrogen (secondary N) is 2. The van der Waals surface area contributed by atoms with E-state index >= 15 is 0 Å². The number of likely N-dealkylation sites (tertiary alicyclic amines) is 1. The number of hydrogen-bond donors (Lipinski definition) is 6. The zero-order valence-electron chi connectivity index (χ0n) is 17.8. The number of rotatable bonds is 11. The number of carboxylic acid groups (broad SMARTS) is 2. The Kier molecular flexibility index (Phi) is 9.67. The van der Waals surface area contributed by atoms with Crippen LogP contribution in [0, 0.1) is 0 Å². The lowest BCUT2D eigenvalue weighted by molar-refractivity contribution is -0.149. The molecule has 1 fully saturated rings. The van der Waals surface area contributed by atoms with Crippen molar-refractivity contribution < 1.29 is 34.2 Å². The van der Waals surface area contributed by atoms with Crippen molar-refractivity contribution in [1.29, 1.82) is 0 Å². The van der Waals surface area contributed by atoms with Gasteiger partial charge in [0.25, 0.3) is 0 Å². The second-order valence-corrected chi connectivity index (χ2v) is 8.09. The second kappa shape index (κ2) is 12.2. The largest absolute Gasteiger partial charge is 0.481 e. The van der Waals surface area contributed by atoms with Gasteiger partial charge in [-0.15, -0.1) is 0 Å². The molecule has 4 unspecified atom stereocenters. The van der Waals surface area contributed by atoms with Crippen LogP contribution in [-0.2, 0) is 30.4 Å². The highest BCUT2D eigenvalue weighted by atomic mass is 32.1. The summed E-state index contributed by atoms with van der Waals surface area (Å²) in [6.07, 6.45) is 0.300. The molecule has 0 saturated carbocycles. The summed E-state index contributed by atoms with van der Waals surface area (Å²) in [5, 5.41) is 23.2. The third kappa shape index (κ3) is 7.46. The van der Waals surface area contributed by atoms with Crippen LogP contribution in [0.25, 0.3) is 0 Å². The summed E-state index contributed by atoms with van der Waals surface area (Å²) in [6, 6.07) is 4.18. The lowest BCUT2D eigenvalue weighted by Gasteiger charge is -2.28. The SMILES string of the molecule is NC(CC(=O)O)C(=O)NC(Cc1ccccc1)C(=O)NC(CS)C(=O)N1CCCC1C(=O)O. The number of benzene rings is 1. The van der Waals surface area contributed by atoms with E-state index < -0.39 is 60.2 Å². The predicted molar refractivity (Wildman–Crippen MR) is 120 cm³/mol. The number of amides is 3. The molecule has 1 saturated heterocycles. The minimum absolute atomic E-state index is 0.0627. The minimum atomic E-state index is -1.36. The summed E-state index contributed by atoms with van der Waals surface area (Å²) < 4.78 is 0. The quantitative estimate of drug-likeness (QED) is 0.218. The first kappa shape index (κ1) is 26.1. The Balaban J connectivity index is 2.16. The minimum Gasteiger partial charge on any atom is -0.481 e. The van der Waals surface area contributed by atoms with Crippen molar-refractivity contribution in [2.24, 2.45) is 5.73 Å². The number of hydrogen-bond acceptors (Lipinski definition) is 7. The molecule has 1 aliphatic rings. The maximum atomic E-state index is 13.0. The van der Waals surface area contributed by atoms with Crippen LogP contribution in [0.5, 0.6) is 0 Å². The van der Waals surface area contributed by atoms with Gasteiger partial charge < -0.3 is 31.5 Å². The number of aliphatic carboxylic acids is 2. The molecule has 0 aromatic heterocycles. The number of thiol groups is 1. The molecule has 1 aromatic rings. The van der Waals surface area contributed by atoms with Gasteiger partial charge in [0.15, 0.2) is 0 Å². The van der Waals surface area contributed by atoms with Gasteiger partial charge in [0, 0.05) is 18.7 Å². The molecule has 33 heavy (non-hydrogen) atoms. The van der Waals surface area contributed by atoms with Crippen LogP contribution < -0.4 is 16.4 Å². The second-order valence-electron chi connectivity index (χ2n) is 7.73. The van der Waals surface area contributed by atoms with Crippen molar-refractivity contribution in [3.63, 3.8) is 0 Å². The van der Waals surface area contributed by atoms with Gasteiger partial charge in [-0.2, -0.15) is 12.6 Å². The highest BCUT2D eigenvalue weighted by Crippen LogP contribution is 2.19. The fraction of sp³-hybridized carbons (Fsp3) is 0.476. The number of nitrogens with two attached hydrogens (primary N) is 1. The van der Waals surface area contributed by atoms with Crippen molar-refractivity contribution in [3.8, 4) is 0 Å². The maximum absolute atomic E-state index is 13.0. The molecular formula is C21H28N4O7S. The van der Waals surface area contributed by atoms with Gasteiger partial charge in [0.05, 0.1) is 12.5 Å². The van der Waals surface area contributed by atoms with E-state index in [0.29, 0.717) is 18.4 Å². The number of carboxylic acids is 2. The summed E-state index contributed by atoms with van der Waals surface area (Å²) >= 11 is 4.13. The molecule has 1 aromatic carbocycles. The average molecular weight is 481 g/mol. The molecule has 0 aliphatic carbocycles. The van der Waals surface area contributed by atoms with Gasteiger partial charge >= 0.3 is 11.9 Å². The summed E-state index contributed by atoms with van der Waals surface area (Å²) in [7, 11) is 0. The lowest BCUT2D eigenvalue weighted by atomic mass is 10.0. The van der Waals surface area contributed by atoms with E-state index in [-0.39, 0.29) is 18.7 Å². The molecule has 12 heteroatoms. The lowest BCUT2D eigenvalue weighted by Crippen LogP contribution is -2.58. The number of nitrogens with zero attached hydrogens (tertiary/aromatic N) is 1. The molecule has 0 radical (unpaired) electrons. The summed E-state index contributed by atoms with van der Waals surface area (Å²) in [5.41, 5.74) is 6.32. The zero-order chi connectivity index (χ0) is 24.5. The summed E-state index contributed by atoms with van der Waals surface area (Å²) in [5.74, 6) is -4.57. The van der Waals surface area contributed by atoms with Crippen molar-refractivity contribution in [2.75, 3.05) is 12.3 Å². The first-order valence-corrected chi connectivity index (χ1v) is 11.0. The predicted octanol–water partition coefficient (Wildman–Crippen LogP) is -0.994. The van der Waals surface area contributed by atoms with Crippen LogP contribution in [0.3, 0.4) is 0 Å². The first-order valence-electron chi connectivity index (χ1n) is 10.4. The van der Waals surface area contributed by atoms with Crippen molar-refractivity contribution in [3.05, 3.63) is 35.9 Å². The molecule has 6 N–H and O–H groups in total. The van der Waals surface area contributed by atoms with Crippen LogP contribution in [0.1, 0.15) is 24.8 Å². The highest BCUT2D eigenvalue weighted by molar-refractivity contribution is 7.80. The van der Waals surface area contributed by atoms with Gasteiger partial charge in [0.2, 0.25) is 17.7 Å². The zero-order valence-corrected chi connectivity index (χ0v) is 18.7. The van der Waals surface area contributed by atoms with Gasteiger partial charge in [-0.05, 0) is 18.4 Å². The van der Waals surface area contributed by atoms with Crippen molar-refractivity contribution in [1.82, 2.24) is 15.5 Å². The molecule has 0 bridgehead atoms. The van der Waals surface area contributed by atoms with E-state index in [1.807, 2.05) is 0 Å². The standard InChI is InChI=1S/C21H28N4O7S/c22-13(10-17(26)27)18(28)23-14(9-12-5-2-1-3-6-12)19(29)24-15(11-33)20(30)25-8-4-7-16(25)21(31)32/h1-3,5-6,13-16,33H,4,7-11,22H2,(H,23,28)(H,24,29)(H,26,27)(H,31,32). The normalized spacial score (nSPS) is 18.1. The Morgan fingerprint density at radius 1 is 1.06 bits per heavy atom. The summed E-state index contributed by atoms with van der Waals surface area (Å²) in [6.45, 7) is 0.254. The molecular weight excluding hydrogens is 452 g/mol. The Morgan fingerprint density at radius 3 is 2.27 bits per heavy atom. The molecule has 1 aliphatic heterocycles. The summed E-state index contributed by atoms with van der Waals surface area (Å²) in [4.78, 5) is 61.8. The molecule has 4 atom stereocenters. The number of carbonyl (C=O) groups is 5. The van der Waals surface area contributed by atoms with Crippen LogP contribution >= 0.6 is 12.6 Å². The van der Waals surface area contributed by atoms with Crippen LogP contribution in [-0.4, -0.2) is 81.2 Å². The van der Waals surface area contributed by atoms with Gasteiger partial charge in [-0.3, -0.25) is 19.2 Å². The third-order valence-corrected chi connectivity index (χ3v) is 5.63. The number of carbonyl (C=O) groups excluding carboxylic acids is 3. The fourth-order valence-corrected chi connectivity index (χ4v) is 3.81. The monoisotopic (exact) mass is 480 g/mol. The smallest absolute Gasteiger partial charge is 0.326 e. The van der Waals surface area contributed by atoms with Crippen LogP contribution in [0.2, 0.25) is 0 Å². The van der Waals surface area contributed by atoms with Crippen LogP contribution in [0.4, 0.5) is 0 Å². The first-order chi connectivity index (χ1) is 15.6. The average Bonchev–Trinajstić information content (AvgIpc) is 3.27. The molecule has 2 rings (SSSR count). The Morgan fingerprint density at radius 2 is 1.70 bits per heavy atom. The Labute approximate surface area is 196 Å². The Hall–Kier alpha value is -3.12. The van der Waals surface area contributed by atoms with Gasteiger partial charge in [-0.25, -0.2) is 4.79 Å². The molecule has 180 valence electrons. The van der Waals surface area contributed by atoms with Crippen molar-refractivity contribution >= 4 is 42.3 Å². The molecule has 0 spiro atoms. The van der Waals surface area contributed by atoms with E-state index in [1.54, 1.807) is 30.3 Å². The Bertz CT molecular complexity index is 883. The van der Waals surface area contributed by atoms with E-state index in [0.717, 1.165) is 0 Å².